The SMILES string of the molecule is CCCC(C)NC(=O)C(C)Oc1cc(C(=O)O)ccc1I. The Kier molecular flexibility index (Phi) is 6.94. The number of carbonyl (C=O) groups is 2. The average Bonchev–Trinajstić information content (AvgIpc) is 2.40. The van der Waals surface area contributed by atoms with Crippen molar-refractivity contribution in [2.24, 2.45) is 0 Å². The largest absolute Gasteiger partial charge is 0.480 e. The van der Waals surface area contributed by atoms with Crippen LogP contribution in [-0.2, 0) is 4.79 Å². The molecule has 0 aliphatic carbocycles. The third-order valence-electron chi connectivity index (χ3n) is 2.96. The lowest BCUT2D eigenvalue weighted by Gasteiger charge is -2.19. The lowest BCUT2D eigenvalue weighted by Crippen LogP contribution is -2.41. The van der Waals surface area contributed by atoms with E-state index in [-0.39, 0.29) is 17.5 Å². The molecule has 21 heavy (non-hydrogen) atoms. The zero-order valence-corrected chi connectivity index (χ0v) is 14.5. The van der Waals surface area contributed by atoms with Crippen LogP contribution in [0.15, 0.2) is 18.2 Å². The van der Waals surface area contributed by atoms with Crippen LogP contribution >= 0.6 is 22.6 Å². The van der Waals surface area contributed by atoms with Crippen molar-refractivity contribution in [1.29, 1.82) is 0 Å². The molecule has 2 unspecified atom stereocenters. The zero-order valence-electron chi connectivity index (χ0n) is 12.4. The first kappa shape index (κ1) is 17.7. The smallest absolute Gasteiger partial charge is 0.335 e. The predicted molar refractivity (Wildman–Crippen MR) is 88.7 cm³/mol. The van der Waals surface area contributed by atoms with Gasteiger partial charge in [-0.2, -0.15) is 0 Å². The van der Waals surface area contributed by atoms with Crippen molar-refractivity contribution in [3.63, 3.8) is 0 Å². The third-order valence-corrected chi connectivity index (χ3v) is 3.85. The fourth-order valence-corrected chi connectivity index (χ4v) is 2.30. The van der Waals surface area contributed by atoms with Crippen molar-refractivity contribution in [2.45, 2.75) is 45.8 Å². The molecule has 0 aliphatic rings. The number of amides is 1. The number of rotatable bonds is 7. The number of aromatic carboxylic acids is 1. The quantitative estimate of drug-likeness (QED) is 0.684. The molecule has 2 atom stereocenters. The molecule has 1 amide bonds. The maximum atomic E-state index is 12.0. The van der Waals surface area contributed by atoms with Crippen molar-refractivity contribution < 1.29 is 19.4 Å². The van der Waals surface area contributed by atoms with Crippen molar-refractivity contribution in [2.75, 3.05) is 0 Å². The van der Waals surface area contributed by atoms with Gasteiger partial charge in [-0.1, -0.05) is 13.3 Å². The second-order valence-corrected chi connectivity index (χ2v) is 6.07. The lowest BCUT2D eigenvalue weighted by molar-refractivity contribution is -0.127. The monoisotopic (exact) mass is 405 g/mol. The lowest BCUT2D eigenvalue weighted by atomic mass is 10.2. The van der Waals surface area contributed by atoms with Crippen molar-refractivity contribution in [3.8, 4) is 5.75 Å². The number of nitrogens with one attached hydrogen (secondary N) is 1. The highest BCUT2D eigenvalue weighted by Gasteiger charge is 2.18. The number of hydrogen-bond acceptors (Lipinski definition) is 3. The van der Waals surface area contributed by atoms with Crippen LogP contribution in [0.2, 0.25) is 0 Å². The van der Waals surface area contributed by atoms with Crippen LogP contribution in [-0.4, -0.2) is 29.1 Å². The normalized spacial score (nSPS) is 13.3. The molecule has 0 aromatic heterocycles. The predicted octanol–water partition coefficient (Wildman–Crippen LogP) is 3.06. The maximum Gasteiger partial charge on any atom is 0.335 e. The molecule has 6 heteroatoms. The highest BCUT2D eigenvalue weighted by atomic mass is 127. The van der Waals surface area contributed by atoms with E-state index < -0.39 is 12.1 Å². The van der Waals surface area contributed by atoms with E-state index in [4.69, 9.17) is 9.84 Å². The van der Waals surface area contributed by atoms with E-state index in [1.54, 1.807) is 13.0 Å². The molecule has 0 fully saturated rings. The molecule has 0 aliphatic heterocycles. The summed E-state index contributed by atoms with van der Waals surface area (Å²) >= 11 is 2.05. The second kappa shape index (κ2) is 8.21. The minimum atomic E-state index is -1.02. The number of hydrogen-bond donors (Lipinski definition) is 2. The van der Waals surface area contributed by atoms with Gasteiger partial charge >= 0.3 is 5.97 Å². The average molecular weight is 405 g/mol. The molecule has 1 rings (SSSR count). The van der Waals surface area contributed by atoms with Crippen molar-refractivity contribution in [1.82, 2.24) is 5.32 Å². The molecule has 116 valence electrons. The molecule has 0 saturated carbocycles. The van der Waals surface area contributed by atoms with Crippen LogP contribution in [0.4, 0.5) is 0 Å². The Morgan fingerprint density at radius 1 is 1.38 bits per heavy atom. The minimum absolute atomic E-state index is 0.0953. The summed E-state index contributed by atoms with van der Waals surface area (Å²) in [5.41, 5.74) is 0.136. The first-order valence-electron chi connectivity index (χ1n) is 6.85. The Hall–Kier alpha value is -1.31. The molecule has 0 saturated heterocycles. The highest BCUT2D eigenvalue weighted by Crippen LogP contribution is 2.23. The number of halogens is 1. The zero-order chi connectivity index (χ0) is 16.0. The van der Waals surface area contributed by atoms with E-state index in [9.17, 15) is 9.59 Å². The van der Waals surface area contributed by atoms with Crippen LogP contribution in [0, 0.1) is 3.57 Å². The maximum absolute atomic E-state index is 12.0. The first-order chi connectivity index (χ1) is 9.85. The standard InChI is InChI=1S/C15H20INO4/c1-4-5-9(2)17-14(18)10(3)21-13-8-11(15(19)20)6-7-12(13)16/h6-10H,4-5H2,1-3H3,(H,17,18)(H,19,20). The van der Waals surface area contributed by atoms with Crippen molar-refractivity contribution >= 4 is 34.5 Å². The summed E-state index contributed by atoms with van der Waals surface area (Å²) in [5, 5.41) is 11.9. The first-order valence-corrected chi connectivity index (χ1v) is 7.92. The molecular formula is C15H20INO4. The van der Waals surface area contributed by atoms with Gasteiger partial charge in [0.25, 0.3) is 5.91 Å². The molecule has 0 radical (unpaired) electrons. The number of benzene rings is 1. The van der Waals surface area contributed by atoms with Gasteiger partial charge < -0.3 is 15.2 Å². The van der Waals surface area contributed by atoms with Crippen LogP contribution in [0.1, 0.15) is 44.0 Å². The molecule has 0 spiro atoms. The van der Waals surface area contributed by atoms with E-state index in [1.165, 1.54) is 12.1 Å². The molecule has 0 bridgehead atoms. The molecule has 2 N–H and O–H groups in total. The summed E-state index contributed by atoms with van der Waals surface area (Å²) in [7, 11) is 0. The van der Waals surface area contributed by atoms with E-state index in [0.717, 1.165) is 16.4 Å². The summed E-state index contributed by atoms with van der Waals surface area (Å²) in [6, 6.07) is 4.69. The van der Waals surface area contributed by atoms with Gasteiger partial charge in [-0.25, -0.2) is 4.79 Å². The Bertz CT molecular complexity index is 518. The third kappa shape index (κ3) is 5.53. The molecule has 5 nitrogen and oxygen atoms in total. The van der Waals surface area contributed by atoms with Gasteiger partial charge in [0.2, 0.25) is 0 Å². The summed E-state index contributed by atoms with van der Waals surface area (Å²) < 4.78 is 6.36. The Labute approximate surface area is 138 Å². The fraction of sp³-hybridized carbons (Fsp3) is 0.467. The molecule has 1 aromatic rings. The van der Waals surface area contributed by atoms with Gasteiger partial charge in [0.1, 0.15) is 5.75 Å². The second-order valence-electron chi connectivity index (χ2n) is 4.91. The molecular weight excluding hydrogens is 385 g/mol. The summed E-state index contributed by atoms with van der Waals surface area (Å²) in [5.74, 6) is -0.821. The molecule has 1 aromatic carbocycles. The van der Waals surface area contributed by atoms with Crippen LogP contribution in [0.5, 0.6) is 5.75 Å². The minimum Gasteiger partial charge on any atom is -0.480 e. The van der Waals surface area contributed by atoms with Gasteiger partial charge in [-0.15, -0.1) is 0 Å². The van der Waals surface area contributed by atoms with Gasteiger partial charge in [0.15, 0.2) is 6.10 Å². The Morgan fingerprint density at radius 3 is 2.62 bits per heavy atom. The number of carbonyl (C=O) groups excluding carboxylic acids is 1. The van der Waals surface area contributed by atoms with Crippen LogP contribution < -0.4 is 10.1 Å². The fourth-order valence-electron chi connectivity index (χ4n) is 1.84. The summed E-state index contributed by atoms with van der Waals surface area (Å²) in [6.07, 6.45) is 1.22. The van der Waals surface area contributed by atoms with Crippen LogP contribution in [0.25, 0.3) is 0 Å². The number of ether oxygens (including phenoxy) is 1. The summed E-state index contributed by atoms with van der Waals surface area (Å²) in [6.45, 7) is 5.66. The van der Waals surface area contributed by atoms with Gasteiger partial charge in [-0.05, 0) is 61.1 Å². The van der Waals surface area contributed by atoms with Gasteiger partial charge in [-0.3, -0.25) is 4.79 Å². The van der Waals surface area contributed by atoms with Crippen LogP contribution in [0.3, 0.4) is 0 Å². The van der Waals surface area contributed by atoms with Gasteiger partial charge in [0.05, 0.1) is 9.13 Å². The Morgan fingerprint density at radius 2 is 2.05 bits per heavy atom. The van der Waals surface area contributed by atoms with Gasteiger partial charge in [0, 0.05) is 6.04 Å². The topological polar surface area (TPSA) is 75.6 Å². The number of carboxylic acid groups (broad SMARTS) is 1. The van der Waals surface area contributed by atoms with E-state index in [0.29, 0.717) is 5.75 Å². The van der Waals surface area contributed by atoms with E-state index >= 15 is 0 Å². The summed E-state index contributed by atoms with van der Waals surface area (Å²) in [4.78, 5) is 23.0. The highest BCUT2D eigenvalue weighted by molar-refractivity contribution is 14.1. The Balaban J connectivity index is 2.73. The number of carboxylic acids is 1. The van der Waals surface area contributed by atoms with E-state index in [1.807, 2.05) is 29.5 Å². The van der Waals surface area contributed by atoms with Crippen molar-refractivity contribution in [3.05, 3.63) is 27.3 Å². The van der Waals surface area contributed by atoms with E-state index in [2.05, 4.69) is 12.2 Å². The molecule has 0 heterocycles.